The lowest BCUT2D eigenvalue weighted by Crippen LogP contribution is -2.47. The van der Waals surface area contributed by atoms with Gasteiger partial charge >= 0.3 is 5.97 Å². The van der Waals surface area contributed by atoms with Crippen molar-refractivity contribution >= 4 is 17.7 Å². The summed E-state index contributed by atoms with van der Waals surface area (Å²) in [5, 5.41) is 12.9. The van der Waals surface area contributed by atoms with Crippen LogP contribution in [-0.2, 0) is 19.1 Å². The average molecular weight is 357 g/mol. The number of carbonyl (C=O) groups is 3. The maximum Gasteiger partial charge on any atom is 0.308 e. The Bertz CT molecular complexity index is 447. The number of aliphatic hydroxyl groups excluding tert-OH is 1. The molecule has 0 radical (unpaired) electrons. The Labute approximate surface area is 151 Å². The molecule has 0 fully saturated rings. The lowest BCUT2D eigenvalue weighted by Gasteiger charge is -2.26. The predicted molar refractivity (Wildman–Crippen MR) is 96.8 cm³/mol. The largest absolute Gasteiger partial charge is 0.465 e. The van der Waals surface area contributed by atoms with Crippen LogP contribution in [0.15, 0.2) is 0 Å². The Balaban J connectivity index is 4.72. The Morgan fingerprint density at radius 3 is 2.00 bits per heavy atom. The fourth-order valence-corrected chi connectivity index (χ4v) is 2.62. The zero-order valence-electron chi connectivity index (χ0n) is 16.7. The summed E-state index contributed by atoms with van der Waals surface area (Å²) in [7, 11) is 0. The predicted octanol–water partition coefficient (Wildman–Crippen LogP) is 2.33. The fraction of sp³-hybridized carbons (Fsp3) is 0.842. The Morgan fingerprint density at radius 1 is 1.00 bits per heavy atom. The van der Waals surface area contributed by atoms with Gasteiger partial charge in [-0.3, -0.25) is 14.4 Å². The van der Waals surface area contributed by atoms with E-state index in [1.54, 1.807) is 6.92 Å². The smallest absolute Gasteiger partial charge is 0.308 e. The van der Waals surface area contributed by atoms with Crippen LogP contribution in [0.1, 0.15) is 61.3 Å². The Morgan fingerprint density at radius 2 is 1.56 bits per heavy atom. The van der Waals surface area contributed by atoms with E-state index in [0.29, 0.717) is 5.92 Å². The Hall–Kier alpha value is -1.43. The number of hydrogen-bond donors (Lipinski definition) is 2. The molecule has 0 rings (SSSR count). The van der Waals surface area contributed by atoms with Crippen molar-refractivity contribution in [3.8, 4) is 0 Å². The molecule has 25 heavy (non-hydrogen) atoms. The number of nitrogens with one attached hydrogen (secondary N) is 1. The third-order valence-corrected chi connectivity index (χ3v) is 4.11. The highest BCUT2D eigenvalue weighted by Gasteiger charge is 2.30. The topological polar surface area (TPSA) is 92.7 Å². The van der Waals surface area contributed by atoms with E-state index in [-0.39, 0.29) is 30.6 Å². The van der Waals surface area contributed by atoms with Crippen LogP contribution < -0.4 is 5.32 Å². The number of ketones is 1. The first-order chi connectivity index (χ1) is 11.5. The molecule has 0 aliphatic carbocycles. The summed E-state index contributed by atoms with van der Waals surface area (Å²) >= 11 is 0. The third-order valence-electron chi connectivity index (χ3n) is 4.11. The highest BCUT2D eigenvalue weighted by molar-refractivity contribution is 5.91. The number of hydrogen-bond acceptors (Lipinski definition) is 5. The van der Waals surface area contributed by atoms with Crippen LogP contribution in [0.5, 0.6) is 0 Å². The van der Waals surface area contributed by atoms with Gasteiger partial charge in [0.15, 0.2) is 5.78 Å². The third kappa shape index (κ3) is 9.58. The number of rotatable bonds is 11. The van der Waals surface area contributed by atoms with Crippen molar-refractivity contribution in [1.29, 1.82) is 0 Å². The van der Waals surface area contributed by atoms with Gasteiger partial charge in [0.2, 0.25) is 5.91 Å². The molecule has 0 saturated heterocycles. The summed E-state index contributed by atoms with van der Waals surface area (Å²) in [6.07, 6.45) is -0.197. The zero-order valence-corrected chi connectivity index (χ0v) is 16.7. The van der Waals surface area contributed by atoms with Crippen LogP contribution in [0.25, 0.3) is 0 Å². The van der Waals surface area contributed by atoms with Crippen LogP contribution >= 0.6 is 0 Å². The lowest BCUT2D eigenvalue weighted by molar-refractivity contribution is -0.147. The van der Waals surface area contributed by atoms with E-state index in [0.717, 1.165) is 6.42 Å². The maximum atomic E-state index is 12.4. The van der Waals surface area contributed by atoms with E-state index < -0.39 is 29.9 Å². The summed E-state index contributed by atoms with van der Waals surface area (Å²) in [5.41, 5.74) is 0. The molecule has 1 amide bonds. The molecule has 0 saturated carbocycles. The average Bonchev–Trinajstić information content (AvgIpc) is 2.49. The number of Topliss-reactive ketones (excluding diaryl/α,β-unsaturated/α-hetero) is 1. The van der Waals surface area contributed by atoms with Gasteiger partial charge in [0.1, 0.15) is 0 Å². The number of esters is 1. The minimum Gasteiger partial charge on any atom is -0.465 e. The van der Waals surface area contributed by atoms with Crippen molar-refractivity contribution in [3.05, 3.63) is 0 Å². The molecule has 4 unspecified atom stereocenters. The number of amides is 1. The molecule has 0 bridgehead atoms. The first kappa shape index (κ1) is 23.6. The molecule has 2 N–H and O–H groups in total. The van der Waals surface area contributed by atoms with Crippen molar-refractivity contribution in [3.63, 3.8) is 0 Å². The molecule has 0 aromatic heterocycles. The maximum absolute atomic E-state index is 12.4. The van der Waals surface area contributed by atoms with E-state index in [4.69, 9.17) is 4.74 Å². The summed E-state index contributed by atoms with van der Waals surface area (Å²) in [5.74, 6) is -1.34. The van der Waals surface area contributed by atoms with E-state index in [2.05, 4.69) is 19.2 Å². The standard InChI is InChI=1S/C19H35NO5/c1-11(2)8-13(5)18(23)14(6)19(24)20-16(15(7)21)9-17(22)25-10-12(3)4/h11-14,16,18,23H,8-10H2,1-7H3,(H,20,24). The van der Waals surface area contributed by atoms with Gasteiger partial charge in [0, 0.05) is 0 Å². The van der Waals surface area contributed by atoms with Gasteiger partial charge in [-0.1, -0.05) is 41.5 Å². The SMILES string of the molecule is CC(=O)C(CC(=O)OCC(C)C)NC(=O)C(C)C(O)C(C)CC(C)C. The molecule has 6 heteroatoms. The molecule has 6 nitrogen and oxygen atoms in total. The number of aliphatic hydroxyl groups is 1. The molecule has 4 atom stereocenters. The van der Waals surface area contributed by atoms with Crippen molar-refractivity contribution in [2.24, 2.45) is 23.7 Å². The normalized spacial score (nSPS) is 16.2. The highest BCUT2D eigenvalue weighted by atomic mass is 16.5. The summed E-state index contributed by atoms with van der Waals surface area (Å²) in [6, 6.07) is -0.929. The molecule has 0 heterocycles. The second kappa shape index (κ2) is 11.2. The summed E-state index contributed by atoms with van der Waals surface area (Å²) < 4.78 is 5.06. The van der Waals surface area contributed by atoms with Crippen molar-refractivity contribution in [1.82, 2.24) is 5.32 Å². The first-order valence-corrected chi connectivity index (χ1v) is 9.10. The van der Waals surface area contributed by atoms with Crippen molar-refractivity contribution in [2.45, 2.75) is 73.5 Å². The Kier molecular flexibility index (Phi) is 10.6. The molecule has 0 aliphatic heterocycles. The molecule has 0 aliphatic rings. The van der Waals surface area contributed by atoms with Crippen LogP contribution in [0.2, 0.25) is 0 Å². The minimum atomic E-state index is -0.929. The van der Waals surface area contributed by atoms with Crippen LogP contribution in [-0.4, -0.2) is 41.5 Å². The van der Waals surface area contributed by atoms with Gasteiger partial charge in [0.05, 0.1) is 31.1 Å². The van der Waals surface area contributed by atoms with Crippen molar-refractivity contribution in [2.75, 3.05) is 6.61 Å². The summed E-state index contributed by atoms with van der Waals surface area (Å²) in [6.45, 7) is 13.1. The highest BCUT2D eigenvalue weighted by Crippen LogP contribution is 2.20. The molecular formula is C19H35NO5. The number of carbonyl (C=O) groups excluding carboxylic acids is 3. The van der Waals surface area contributed by atoms with Crippen LogP contribution in [0, 0.1) is 23.7 Å². The monoisotopic (exact) mass is 357 g/mol. The zero-order chi connectivity index (χ0) is 19.7. The van der Waals surface area contributed by atoms with E-state index in [9.17, 15) is 19.5 Å². The molecule has 0 spiro atoms. The van der Waals surface area contributed by atoms with E-state index in [1.807, 2.05) is 20.8 Å². The summed E-state index contributed by atoms with van der Waals surface area (Å²) in [4.78, 5) is 35.9. The van der Waals surface area contributed by atoms with Gasteiger partial charge < -0.3 is 15.2 Å². The lowest BCUT2D eigenvalue weighted by atomic mass is 9.87. The quantitative estimate of drug-likeness (QED) is 0.554. The van der Waals surface area contributed by atoms with Gasteiger partial charge in [-0.2, -0.15) is 0 Å². The molecule has 0 aromatic rings. The van der Waals surface area contributed by atoms with Crippen LogP contribution in [0.3, 0.4) is 0 Å². The molecule has 146 valence electrons. The molecule has 0 aromatic carbocycles. The van der Waals surface area contributed by atoms with Gasteiger partial charge in [0.25, 0.3) is 0 Å². The minimum absolute atomic E-state index is 0.0347. The van der Waals surface area contributed by atoms with E-state index in [1.165, 1.54) is 6.92 Å². The fourth-order valence-electron chi connectivity index (χ4n) is 2.62. The second-order valence-electron chi connectivity index (χ2n) is 7.84. The van der Waals surface area contributed by atoms with Crippen LogP contribution in [0.4, 0.5) is 0 Å². The van der Waals surface area contributed by atoms with Gasteiger partial charge in [-0.25, -0.2) is 0 Å². The first-order valence-electron chi connectivity index (χ1n) is 9.10. The molecular weight excluding hydrogens is 322 g/mol. The van der Waals surface area contributed by atoms with E-state index >= 15 is 0 Å². The van der Waals surface area contributed by atoms with Gasteiger partial charge in [-0.15, -0.1) is 0 Å². The van der Waals surface area contributed by atoms with Gasteiger partial charge in [-0.05, 0) is 31.1 Å². The number of ether oxygens (including phenoxy) is 1. The second-order valence-corrected chi connectivity index (χ2v) is 7.84. The van der Waals surface area contributed by atoms with Crippen molar-refractivity contribution < 1.29 is 24.2 Å².